The van der Waals surface area contributed by atoms with Gasteiger partial charge in [-0.05, 0) is 49.1 Å². The van der Waals surface area contributed by atoms with Crippen molar-refractivity contribution in [3.8, 4) is 17.2 Å². The van der Waals surface area contributed by atoms with Gasteiger partial charge in [0, 0.05) is 19.3 Å². The molecule has 2 aromatic rings. The first kappa shape index (κ1) is 21.7. The zero-order valence-electron chi connectivity index (χ0n) is 17.8. The maximum Gasteiger partial charge on any atom is 0.263 e. The van der Waals surface area contributed by atoms with Crippen LogP contribution >= 0.6 is 0 Å². The second-order valence-electron chi connectivity index (χ2n) is 7.18. The molecule has 0 saturated carbocycles. The predicted octanol–water partition coefficient (Wildman–Crippen LogP) is 2.29. The number of hydrogen-bond acceptors (Lipinski definition) is 6. The van der Waals surface area contributed by atoms with E-state index in [0.29, 0.717) is 36.0 Å². The van der Waals surface area contributed by atoms with Crippen LogP contribution < -0.4 is 25.1 Å². The van der Waals surface area contributed by atoms with Gasteiger partial charge in [0.15, 0.2) is 11.5 Å². The first-order valence-electron chi connectivity index (χ1n) is 9.87. The Morgan fingerprint density at radius 3 is 2.47 bits per heavy atom. The summed E-state index contributed by atoms with van der Waals surface area (Å²) in [4.78, 5) is 25.7. The van der Waals surface area contributed by atoms with Gasteiger partial charge in [0.2, 0.25) is 5.75 Å². The molecule has 1 aliphatic heterocycles. The highest BCUT2D eigenvalue weighted by Crippen LogP contribution is 2.38. The quantitative estimate of drug-likeness (QED) is 0.710. The van der Waals surface area contributed by atoms with Gasteiger partial charge in [0.1, 0.15) is 5.56 Å². The van der Waals surface area contributed by atoms with E-state index in [4.69, 9.17) is 18.9 Å². The average Bonchev–Trinajstić information content (AvgIpc) is 3.26. The van der Waals surface area contributed by atoms with Crippen LogP contribution in [0.3, 0.4) is 0 Å². The smallest absolute Gasteiger partial charge is 0.263 e. The molecule has 3 rings (SSSR count). The molecule has 1 N–H and O–H groups in total. The largest absolute Gasteiger partial charge is 0.493 e. The maximum atomic E-state index is 12.9. The van der Waals surface area contributed by atoms with Gasteiger partial charge < -0.3 is 28.8 Å². The highest BCUT2D eigenvalue weighted by atomic mass is 16.5. The van der Waals surface area contributed by atoms with Crippen molar-refractivity contribution in [2.75, 3.05) is 27.9 Å². The van der Waals surface area contributed by atoms with E-state index >= 15 is 0 Å². The van der Waals surface area contributed by atoms with Crippen LogP contribution in [0.1, 0.15) is 34.3 Å². The minimum absolute atomic E-state index is 0.0144. The number of ether oxygens (including phenoxy) is 4. The summed E-state index contributed by atoms with van der Waals surface area (Å²) in [6.45, 7) is 3.13. The van der Waals surface area contributed by atoms with E-state index < -0.39 is 5.91 Å². The number of pyridine rings is 1. The molecule has 1 aromatic carbocycles. The van der Waals surface area contributed by atoms with Crippen LogP contribution in [-0.4, -0.2) is 44.5 Å². The molecule has 30 heavy (non-hydrogen) atoms. The molecule has 0 spiro atoms. The molecular weight excluding hydrogens is 388 g/mol. The molecule has 0 aliphatic carbocycles. The summed E-state index contributed by atoms with van der Waals surface area (Å²) >= 11 is 0. The second-order valence-corrected chi connectivity index (χ2v) is 7.18. The Labute approximate surface area is 175 Å². The van der Waals surface area contributed by atoms with Gasteiger partial charge in [0.25, 0.3) is 11.5 Å². The lowest BCUT2D eigenvalue weighted by Gasteiger charge is -2.16. The molecule has 2 heterocycles. The molecule has 8 heteroatoms. The summed E-state index contributed by atoms with van der Waals surface area (Å²) in [5, 5.41) is 2.82. The van der Waals surface area contributed by atoms with Gasteiger partial charge in [-0.1, -0.05) is 0 Å². The van der Waals surface area contributed by atoms with Crippen LogP contribution in [0.2, 0.25) is 0 Å². The standard InChI is InChI=1S/C22H28N2O6/c1-14-7-8-24(13-16-6-5-9-30-16)22(26)19(14)21(25)23-12-15-10-17(27-2)20(29-4)18(11-15)28-3/h7-8,10-11,16H,5-6,9,12-13H2,1-4H3,(H,23,25). The Kier molecular flexibility index (Phi) is 6.99. The van der Waals surface area contributed by atoms with Crippen LogP contribution in [0.5, 0.6) is 17.2 Å². The van der Waals surface area contributed by atoms with Crippen molar-refractivity contribution in [1.29, 1.82) is 0 Å². The number of rotatable bonds is 8. The number of hydrogen-bond donors (Lipinski definition) is 1. The molecule has 1 fully saturated rings. The Hall–Kier alpha value is -3.00. The number of benzene rings is 1. The van der Waals surface area contributed by atoms with E-state index in [1.165, 1.54) is 21.3 Å². The molecular formula is C22H28N2O6. The first-order valence-corrected chi connectivity index (χ1v) is 9.87. The van der Waals surface area contributed by atoms with Gasteiger partial charge in [-0.15, -0.1) is 0 Å². The molecule has 1 aliphatic rings. The maximum absolute atomic E-state index is 12.9. The van der Waals surface area contributed by atoms with E-state index in [9.17, 15) is 9.59 Å². The Morgan fingerprint density at radius 2 is 1.90 bits per heavy atom. The van der Waals surface area contributed by atoms with Gasteiger partial charge in [-0.2, -0.15) is 0 Å². The van der Waals surface area contributed by atoms with E-state index in [1.807, 2.05) is 0 Å². The van der Waals surface area contributed by atoms with Crippen LogP contribution in [-0.2, 0) is 17.8 Å². The first-order chi connectivity index (χ1) is 14.5. The van der Waals surface area contributed by atoms with Crippen molar-refractivity contribution in [2.24, 2.45) is 0 Å². The zero-order chi connectivity index (χ0) is 21.7. The molecule has 1 atom stereocenters. The number of nitrogens with zero attached hydrogens (tertiary/aromatic N) is 1. The van der Waals surface area contributed by atoms with Crippen molar-refractivity contribution in [3.63, 3.8) is 0 Å². The van der Waals surface area contributed by atoms with Gasteiger partial charge in [-0.3, -0.25) is 9.59 Å². The SMILES string of the molecule is COc1cc(CNC(=O)c2c(C)ccn(CC3CCCO3)c2=O)cc(OC)c1OC. The molecule has 1 saturated heterocycles. The van der Waals surface area contributed by atoms with E-state index in [1.54, 1.807) is 35.9 Å². The van der Waals surface area contributed by atoms with Crippen molar-refractivity contribution in [1.82, 2.24) is 9.88 Å². The summed E-state index contributed by atoms with van der Waals surface area (Å²) in [7, 11) is 4.59. The van der Waals surface area contributed by atoms with Gasteiger partial charge in [-0.25, -0.2) is 0 Å². The number of nitrogens with one attached hydrogen (secondary N) is 1. The number of amides is 1. The zero-order valence-corrected chi connectivity index (χ0v) is 17.8. The summed E-state index contributed by atoms with van der Waals surface area (Å²) in [6, 6.07) is 5.30. The number of carbonyl (C=O) groups excluding carboxylic acids is 1. The monoisotopic (exact) mass is 416 g/mol. The Balaban J connectivity index is 1.78. The summed E-state index contributed by atoms with van der Waals surface area (Å²) in [5.74, 6) is 1.05. The van der Waals surface area contributed by atoms with Crippen LogP contribution in [0.25, 0.3) is 0 Å². The highest BCUT2D eigenvalue weighted by Gasteiger charge is 2.20. The topological polar surface area (TPSA) is 88.0 Å². The fraction of sp³-hybridized carbons (Fsp3) is 0.455. The Bertz CT molecular complexity index is 938. The fourth-order valence-electron chi connectivity index (χ4n) is 3.60. The van der Waals surface area contributed by atoms with Crippen LogP contribution in [0.4, 0.5) is 0 Å². The minimum Gasteiger partial charge on any atom is -0.493 e. The summed E-state index contributed by atoms with van der Waals surface area (Å²) in [5.41, 5.74) is 1.22. The third-order valence-corrected chi connectivity index (χ3v) is 5.20. The predicted molar refractivity (Wildman–Crippen MR) is 112 cm³/mol. The van der Waals surface area contributed by atoms with Crippen LogP contribution in [0, 0.1) is 6.92 Å². The average molecular weight is 416 g/mol. The van der Waals surface area contributed by atoms with Crippen molar-refractivity contribution in [3.05, 3.63) is 51.4 Å². The number of aromatic nitrogens is 1. The van der Waals surface area contributed by atoms with Crippen molar-refractivity contribution in [2.45, 2.75) is 39.0 Å². The van der Waals surface area contributed by atoms with E-state index in [2.05, 4.69) is 5.32 Å². The lowest BCUT2D eigenvalue weighted by atomic mass is 10.1. The van der Waals surface area contributed by atoms with Gasteiger partial charge in [0.05, 0.1) is 34.0 Å². The third-order valence-electron chi connectivity index (χ3n) is 5.20. The minimum atomic E-state index is -0.423. The normalized spacial score (nSPS) is 15.7. The summed E-state index contributed by atoms with van der Waals surface area (Å²) < 4.78 is 23.2. The molecule has 0 bridgehead atoms. The fourth-order valence-corrected chi connectivity index (χ4v) is 3.60. The number of carbonyl (C=O) groups is 1. The Morgan fingerprint density at radius 1 is 1.20 bits per heavy atom. The van der Waals surface area contributed by atoms with Crippen LogP contribution in [0.15, 0.2) is 29.2 Å². The van der Waals surface area contributed by atoms with Gasteiger partial charge >= 0.3 is 0 Å². The number of methoxy groups -OCH3 is 3. The van der Waals surface area contributed by atoms with Crippen molar-refractivity contribution >= 4 is 5.91 Å². The molecule has 0 radical (unpaired) electrons. The second kappa shape index (κ2) is 9.67. The highest BCUT2D eigenvalue weighted by molar-refractivity contribution is 5.95. The number of aryl methyl sites for hydroxylation is 1. The molecule has 8 nitrogen and oxygen atoms in total. The third kappa shape index (κ3) is 4.59. The summed E-state index contributed by atoms with van der Waals surface area (Å²) in [6.07, 6.45) is 3.65. The van der Waals surface area contributed by atoms with E-state index in [-0.39, 0.29) is 23.8 Å². The molecule has 162 valence electrons. The lowest BCUT2D eigenvalue weighted by molar-refractivity contribution is 0.0928. The van der Waals surface area contributed by atoms with Crippen molar-refractivity contribution < 1.29 is 23.7 Å². The molecule has 1 aromatic heterocycles. The molecule has 1 amide bonds. The molecule has 1 unspecified atom stereocenters. The van der Waals surface area contributed by atoms with E-state index in [0.717, 1.165) is 18.4 Å². The lowest BCUT2D eigenvalue weighted by Crippen LogP contribution is -2.35.